The summed E-state index contributed by atoms with van der Waals surface area (Å²) in [6, 6.07) is 20.2. The monoisotopic (exact) mass is 368 g/mol. The van der Waals surface area contributed by atoms with E-state index in [1.165, 1.54) is 18.4 Å². The summed E-state index contributed by atoms with van der Waals surface area (Å²) in [6.07, 6.45) is 5.14. The van der Waals surface area contributed by atoms with Crippen LogP contribution in [0.15, 0.2) is 71.3 Å². The van der Waals surface area contributed by atoms with Crippen LogP contribution in [-0.2, 0) is 6.42 Å². The fraction of sp³-hybridized carbons (Fsp3) is 0.174. The Balaban J connectivity index is 1.73. The number of para-hydroxylation sites is 2. The molecule has 0 fully saturated rings. The van der Waals surface area contributed by atoms with Crippen molar-refractivity contribution in [2.45, 2.75) is 26.2 Å². The van der Waals surface area contributed by atoms with Gasteiger partial charge in [0.15, 0.2) is 22.9 Å². The second-order valence-electron chi connectivity index (χ2n) is 6.88. The van der Waals surface area contributed by atoms with Gasteiger partial charge in [-0.3, -0.25) is 4.57 Å². The Labute approximate surface area is 162 Å². The van der Waals surface area contributed by atoms with Crippen molar-refractivity contribution in [2.75, 3.05) is 0 Å². The van der Waals surface area contributed by atoms with Gasteiger partial charge in [0.05, 0.1) is 17.3 Å². The molecule has 5 heteroatoms. The minimum atomic E-state index is 0.611. The summed E-state index contributed by atoms with van der Waals surface area (Å²) in [5, 5.41) is 0. The van der Waals surface area contributed by atoms with Gasteiger partial charge in [0, 0.05) is 5.69 Å². The largest absolute Gasteiger partial charge is 0.461 e. The maximum absolute atomic E-state index is 5.65. The number of aromatic nitrogens is 4. The van der Waals surface area contributed by atoms with Crippen molar-refractivity contribution < 1.29 is 4.42 Å². The Hall–Kier alpha value is -3.47. The number of furan rings is 1. The van der Waals surface area contributed by atoms with Crippen LogP contribution in [0.2, 0.25) is 0 Å². The van der Waals surface area contributed by atoms with E-state index in [2.05, 4.69) is 31.2 Å². The lowest BCUT2D eigenvalue weighted by Gasteiger charge is -2.09. The van der Waals surface area contributed by atoms with Gasteiger partial charge in [0.2, 0.25) is 0 Å². The summed E-state index contributed by atoms with van der Waals surface area (Å²) in [6.45, 7) is 2.21. The first-order valence-corrected chi connectivity index (χ1v) is 9.62. The molecule has 5 aromatic rings. The topological polar surface area (TPSA) is 56.7 Å². The second-order valence-corrected chi connectivity index (χ2v) is 6.88. The molecule has 3 aromatic heterocycles. The quantitative estimate of drug-likeness (QED) is 0.407. The molecule has 5 nitrogen and oxygen atoms in total. The van der Waals surface area contributed by atoms with Crippen LogP contribution in [0.3, 0.4) is 0 Å². The third-order valence-electron chi connectivity index (χ3n) is 4.92. The summed E-state index contributed by atoms with van der Waals surface area (Å²) in [5.41, 5.74) is 5.36. The molecule has 0 radical (unpaired) electrons. The standard InChI is InChI=1S/C23H20N4O/c1-2-3-7-16-11-13-17(14-12-16)27-22(20-10-6-15-28-20)26-21-23(27)25-19-9-5-4-8-18(19)24-21/h4-6,8-15H,2-3,7H2,1H3. The maximum Gasteiger partial charge on any atom is 0.199 e. The molecule has 3 heterocycles. The maximum atomic E-state index is 5.65. The van der Waals surface area contributed by atoms with E-state index in [0.717, 1.165) is 28.8 Å². The molecule has 0 atom stereocenters. The third-order valence-corrected chi connectivity index (χ3v) is 4.92. The highest BCUT2D eigenvalue weighted by atomic mass is 16.3. The molecule has 138 valence electrons. The van der Waals surface area contributed by atoms with Crippen LogP contribution in [0.5, 0.6) is 0 Å². The molecule has 28 heavy (non-hydrogen) atoms. The van der Waals surface area contributed by atoms with Gasteiger partial charge in [-0.15, -0.1) is 0 Å². The van der Waals surface area contributed by atoms with Gasteiger partial charge in [-0.1, -0.05) is 37.6 Å². The van der Waals surface area contributed by atoms with Crippen LogP contribution in [0, 0.1) is 0 Å². The van der Waals surface area contributed by atoms with E-state index in [-0.39, 0.29) is 0 Å². The van der Waals surface area contributed by atoms with Crippen LogP contribution < -0.4 is 0 Å². The van der Waals surface area contributed by atoms with Crippen molar-refractivity contribution in [1.29, 1.82) is 0 Å². The molecule has 0 aliphatic heterocycles. The fourth-order valence-electron chi connectivity index (χ4n) is 3.47. The zero-order chi connectivity index (χ0) is 18.9. The zero-order valence-electron chi connectivity index (χ0n) is 15.7. The van der Waals surface area contributed by atoms with E-state index in [0.29, 0.717) is 17.2 Å². The number of rotatable bonds is 5. The van der Waals surface area contributed by atoms with Gasteiger partial charge in [-0.05, 0) is 54.8 Å². The lowest BCUT2D eigenvalue weighted by molar-refractivity contribution is 0.576. The number of fused-ring (bicyclic) bond motifs is 2. The normalized spacial score (nSPS) is 11.5. The number of unbranched alkanes of at least 4 members (excludes halogenated alkanes) is 1. The molecule has 5 rings (SSSR count). The number of aryl methyl sites for hydroxylation is 1. The number of imidazole rings is 1. The Morgan fingerprint density at radius 3 is 2.36 bits per heavy atom. The van der Waals surface area contributed by atoms with Crippen molar-refractivity contribution in [3.63, 3.8) is 0 Å². The molecule has 0 saturated heterocycles. The van der Waals surface area contributed by atoms with Crippen LogP contribution in [0.25, 0.3) is 39.6 Å². The minimum Gasteiger partial charge on any atom is -0.461 e. The molecular weight excluding hydrogens is 348 g/mol. The first kappa shape index (κ1) is 16.7. The van der Waals surface area contributed by atoms with Crippen molar-refractivity contribution >= 4 is 22.3 Å². The SMILES string of the molecule is CCCCc1ccc(-n2c(-c3ccco3)nc3nc4ccccc4nc32)cc1. The van der Waals surface area contributed by atoms with Crippen molar-refractivity contribution in [3.05, 3.63) is 72.5 Å². The van der Waals surface area contributed by atoms with Gasteiger partial charge in [-0.25, -0.2) is 15.0 Å². The average molecular weight is 368 g/mol. The zero-order valence-corrected chi connectivity index (χ0v) is 15.7. The Morgan fingerprint density at radius 1 is 0.857 bits per heavy atom. The highest BCUT2D eigenvalue weighted by Crippen LogP contribution is 2.28. The molecule has 0 unspecified atom stereocenters. The summed E-state index contributed by atoms with van der Waals surface area (Å²) in [7, 11) is 0. The first-order chi connectivity index (χ1) is 13.8. The number of benzene rings is 2. The van der Waals surface area contributed by atoms with Gasteiger partial charge >= 0.3 is 0 Å². The number of hydrogen-bond acceptors (Lipinski definition) is 4. The molecule has 0 aliphatic carbocycles. The summed E-state index contributed by atoms with van der Waals surface area (Å²) < 4.78 is 7.67. The molecule has 0 saturated carbocycles. The van der Waals surface area contributed by atoms with Gasteiger partial charge in [-0.2, -0.15) is 0 Å². The fourth-order valence-corrected chi connectivity index (χ4v) is 3.47. The highest BCUT2D eigenvalue weighted by molar-refractivity contribution is 5.85. The Kier molecular flexibility index (Phi) is 4.13. The molecular formula is C23H20N4O. The van der Waals surface area contributed by atoms with Crippen LogP contribution in [-0.4, -0.2) is 19.5 Å². The summed E-state index contributed by atoms with van der Waals surface area (Å²) in [5.74, 6) is 1.40. The van der Waals surface area contributed by atoms with Crippen molar-refractivity contribution in [3.8, 4) is 17.3 Å². The predicted octanol–water partition coefficient (Wildman–Crippen LogP) is 5.57. The number of hydrogen-bond donors (Lipinski definition) is 0. The first-order valence-electron chi connectivity index (χ1n) is 9.62. The van der Waals surface area contributed by atoms with Crippen LogP contribution in [0.1, 0.15) is 25.3 Å². The van der Waals surface area contributed by atoms with Crippen LogP contribution >= 0.6 is 0 Å². The van der Waals surface area contributed by atoms with Crippen LogP contribution in [0.4, 0.5) is 0 Å². The Bertz CT molecular complexity index is 1240. The van der Waals surface area contributed by atoms with E-state index in [1.54, 1.807) is 6.26 Å². The van der Waals surface area contributed by atoms with E-state index in [4.69, 9.17) is 19.4 Å². The lowest BCUT2D eigenvalue weighted by atomic mass is 10.1. The Morgan fingerprint density at radius 2 is 1.64 bits per heavy atom. The second kappa shape index (κ2) is 6.93. The predicted molar refractivity (Wildman–Crippen MR) is 110 cm³/mol. The summed E-state index contributed by atoms with van der Waals surface area (Å²) >= 11 is 0. The average Bonchev–Trinajstić information content (AvgIpc) is 3.38. The van der Waals surface area contributed by atoms with E-state index >= 15 is 0 Å². The highest BCUT2D eigenvalue weighted by Gasteiger charge is 2.19. The molecule has 0 bridgehead atoms. The molecule has 0 N–H and O–H groups in total. The summed E-state index contributed by atoms with van der Waals surface area (Å²) in [4.78, 5) is 14.3. The molecule has 0 spiro atoms. The molecule has 0 amide bonds. The smallest absolute Gasteiger partial charge is 0.199 e. The molecule has 0 aliphatic rings. The number of nitrogens with zero attached hydrogens (tertiary/aromatic N) is 4. The van der Waals surface area contributed by atoms with Gasteiger partial charge in [0.25, 0.3) is 0 Å². The van der Waals surface area contributed by atoms with Gasteiger partial charge < -0.3 is 4.42 Å². The van der Waals surface area contributed by atoms with Crippen molar-refractivity contribution in [1.82, 2.24) is 19.5 Å². The van der Waals surface area contributed by atoms with Gasteiger partial charge in [0.1, 0.15) is 0 Å². The van der Waals surface area contributed by atoms with Crippen molar-refractivity contribution in [2.24, 2.45) is 0 Å². The third kappa shape index (κ3) is 2.85. The minimum absolute atomic E-state index is 0.611. The lowest BCUT2D eigenvalue weighted by Crippen LogP contribution is -1.99. The van der Waals surface area contributed by atoms with E-state index in [1.807, 2.05) is 41.0 Å². The molecule has 2 aromatic carbocycles. The van der Waals surface area contributed by atoms with E-state index < -0.39 is 0 Å². The van der Waals surface area contributed by atoms with E-state index in [9.17, 15) is 0 Å².